The van der Waals surface area contributed by atoms with Crippen LogP contribution in [0.3, 0.4) is 0 Å². The van der Waals surface area contributed by atoms with Gasteiger partial charge in [0.2, 0.25) is 0 Å². The molecule has 49 heavy (non-hydrogen) atoms. The van der Waals surface area contributed by atoms with Crippen LogP contribution in [0.25, 0.3) is 71.0 Å². The van der Waals surface area contributed by atoms with E-state index in [2.05, 4.69) is 164 Å². The summed E-state index contributed by atoms with van der Waals surface area (Å²) in [5.74, 6) is 0. The van der Waals surface area contributed by atoms with Crippen LogP contribution in [0.5, 0.6) is 0 Å². The van der Waals surface area contributed by atoms with E-state index in [0.717, 1.165) is 46.3 Å². The van der Waals surface area contributed by atoms with Crippen LogP contribution >= 0.6 is 0 Å². The van der Waals surface area contributed by atoms with Crippen LogP contribution in [0.2, 0.25) is 0 Å². The lowest BCUT2D eigenvalue weighted by Gasteiger charge is -2.24. The van der Waals surface area contributed by atoms with E-state index in [-0.39, 0.29) is 0 Å². The highest BCUT2D eigenvalue weighted by Gasteiger charge is 2.23. The Balaban J connectivity index is 1.23. The average molecular weight is 627 g/mol. The van der Waals surface area contributed by atoms with Gasteiger partial charge in [0.15, 0.2) is 5.69 Å². The first-order valence-corrected chi connectivity index (χ1v) is 16.7. The Bertz CT molecular complexity index is 2740. The van der Waals surface area contributed by atoms with Crippen LogP contribution in [0.4, 0.5) is 11.4 Å². The van der Waals surface area contributed by atoms with Gasteiger partial charge in [-0.05, 0) is 94.4 Å². The molecule has 0 radical (unpaired) electrons. The van der Waals surface area contributed by atoms with Gasteiger partial charge in [0.25, 0.3) is 0 Å². The third-order valence-corrected chi connectivity index (χ3v) is 10.2. The molecule has 1 aliphatic heterocycles. The number of benzene rings is 7. The fourth-order valence-corrected chi connectivity index (χ4v) is 7.98. The van der Waals surface area contributed by atoms with E-state index in [1.165, 1.54) is 49.7 Å². The first-order chi connectivity index (χ1) is 24.2. The number of aromatic nitrogens is 2. The molecule has 4 nitrogen and oxygen atoms in total. The summed E-state index contributed by atoms with van der Waals surface area (Å²) >= 11 is 0. The summed E-state index contributed by atoms with van der Waals surface area (Å²) in [6.07, 6.45) is 0. The molecule has 9 aromatic rings. The highest BCUT2D eigenvalue weighted by Crippen LogP contribution is 2.41. The van der Waals surface area contributed by atoms with E-state index >= 15 is 0 Å². The molecule has 0 fully saturated rings. The minimum Gasteiger partial charge on any atom is -0.363 e. The van der Waals surface area contributed by atoms with Gasteiger partial charge in [0.05, 0.1) is 28.6 Å². The molecule has 10 rings (SSSR count). The summed E-state index contributed by atoms with van der Waals surface area (Å²) in [7, 11) is 0. The van der Waals surface area contributed by atoms with Gasteiger partial charge >= 0.3 is 0 Å². The predicted molar refractivity (Wildman–Crippen MR) is 203 cm³/mol. The number of anilines is 1. The van der Waals surface area contributed by atoms with Crippen molar-refractivity contribution in [3.63, 3.8) is 0 Å². The number of rotatable bonds is 3. The Labute approximate surface area is 284 Å². The van der Waals surface area contributed by atoms with Gasteiger partial charge in [-0.1, -0.05) is 91.0 Å². The first-order valence-electron chi connectivity index (χ1n) is 16.7. The second-order valence-corrected chi connectivity index (χ2v) is 12.9. The van der Waals surface area contributed by atoms with Crippen molar-refractivity contribution in [2.45, 2.75) is 13.1 Å². The molecule has 0 aliphatic carbocycles. The molecule has 0 saturated carbocycles. The lowest BCUT2D eigenvalue weighted by Crippen LogP contribution is -2.20. The van der Waals surface area contributed by atoms with E-state index in [1.54, 1.807) is 0 Å². The van der Waals surface area contributed by atoms with Gasteiger partial charge in [-0.25, -0.2) is 4.85 Å². The summed E-state index contributed by atoms with van der Waals surface area (Å²) in [5, 5.41) is 4.78. The number of para-hydroxylation sites is 4. The topological polar surface area (TPSA) is 17.5 Å². The maximum atomic E-state index is 7.64. The molecule has 0 N–H and O–H groups in total. The van der Waals surface area contributed by atoms with Crippen LogP contribution in [0, 0.1) is 6.57 Å². The molecular weight excluding hydrogens is 597 g/mol. The van der Waals surface area contributed by atoms with Gasteiger partial charge in [-0.3, -0.25) is 0 Å². The monoisotopic (exact) mass is 626 g/mol. The Morgan fingerprint density at radius 2 is 0.878 bits per heavy atom. The summed E-state index contributed by atoms with van der Waals surface area (Å²) in [5.41, 5.74) is 13.9. The van der Waals surface area contributed by atoms with Crippen molar-refractivity contribution in [3.05, 3.63) is 180 Å². The molecular formula is C45H30N4. The minimum absolute atomic E-state index is 0.657. The zero-order chi connectivity index (χ0) is 32.5. The predicted octanol–water partition coefficient (Wildman–Crippen LogP) is 11.6. The molecule has 4 heteroatoms. The number of fused-ring (bicyclic) bond motifs is 9. The van der Waals surface area contributed by atoms with Crippen LogP contribution in [0.1, 0.15) is 11.1 Å². The van der Waals surface area contributed by atoms with Crippen molar-refractivity contribution in [2.75, 3.05) is 4.90 Å². The second kappa shape index (κ2) is 10.7. The molecule has 0 saturated heterocycles. The zero-order valence-electron chi connectivity index (χ0n) is 26.7. The van der Waals surface area contributed by atoms with Crippen LogP contribution < -0.4 is 4.90 Å². The van der Waals surface area contributed by atoms with Crippen molar-refractivity contribution in [1.29, 1.82) is 0 Å². The smallest absolute Gasteiger partial charge is 0.188 e. The van der Waals surface area contributed by atoms with Gasteiger partial charge < -0.3 is 14.0 Å². The van der Waals surface area contributed by atoms with E-state index in [0.29, 0.717) is 5.69 Å². The Kier molecular flexibility index (Phi) is 6.03. The third-order valence-electron chi connectivity index (χ3n) is 10.2. The molecule has 230 valence electrons. The fraction of sp³-hybridized carbons (Fsp3) is 0.0444. The maximum absolute atomic E-state index is 7.64. The van der Waals surface area contributed by atoms with Gasteiger partial charge in [0, 0.05) is 46.3 Å². The van der Waals surface area contributed by atoms with Crippen molar-refractivity contribution < 1.29 is 0 Å². The summed E-state index contributed by atoms with van der Waals surface area (Å²) in [6, 6.07) is 56.7. The molecule has 2 aromatic heterocycles. The molecule has 0 amide bonds. The standard InChI is InChI=1S/C45H30N4/c1-46-32-21-24-45-41(25-32)38-15-7-10-18-44(38)49(45)35-23-20-31-29-47(33-11-3-2-4-12-33)28-30-19-22-34(26-39(30)40(31)27-35)48-42-16-8-5-13-36(42)37-14-6-9-17-43(37)48/h2-27H,28-29H2. The molecule has 0 spiro atoms. The van der Waals surface area contributed by atoms with Crippen molar-refractivity contribution in [1.82, 2.24) is 9.13 Å². The third kappa shape index (κ3) is 4.23. The van der Waals surface area contributed by atoms with Crippen LogP contribution in [-0.4, -0.2) is 9.13 Å². The zero-order valence-corrected chi connectivity index (χ0v) is 26.7. The maximum Gasteiger partial charge on any atom is 0.188 e. The van der Waals surface area contributed by atoms with E-state index in [9.17, 15) is 0 Å². The van der Waals surface area contributed by atoms with Crippen LogP contribution in [0.15, 0.2) is 158 Å². The normalized spacial score (nSPS) is 12.7. The van der Waals surface area contributed by atoms with E-state index in [4.69, 9.17) is 6.57 Å². The lowest BCUT2D eigenvalue weighted by molar-refractivity contribution is 0.812. The summed E-state index contributed by atoms with van der Waals surface area (Å²) < 4.78 is 4.77. The molecule has 3 heterocycles. The Hall–Kier alpha value is -6.57. The van der Waals surface area contributed by atoms with E-state index in [1.807, 2.05) is 12.1 Å². The summed E-state index contributed by atoms with van der Waals surface area (Å²) in [6.45, 7) is 9.26. The SMILES string of the molecule is [C-]#[N+]c1ccc2c(c1)c1ccccc1n2-c1ccc2c(c1)-c1cc(-n3c4ccccc4c4ccccc43)ccc1CN(c1ccccc1)C2. The minimum atomic E-state index is 0.657. The largest absolute Gasteiger partial charge is 0.363 e. The molecule has 0 atom stereocenters. The van der Waals surface area contributed by atoms with Gasteiger partial charge in [-0.2, -0.15) is 0 Å². The average Bonchev–Trinajstić information content (AvgIpc) is 3.62. The molecule has 0 bridgehead atoms. The Morgan fingerprint density at radius 3 is 1.41 bits per heavy atom. The van der Waals surface area contributed by atoms with Crippen molar-refractivity contribution >= 4 is 55.0 Å². The fourth-order valence-electron chi connectivity index (χ4n) is 7.98. The summed E-state index contributed by atoms with van der Waals surface area (Å²) in [4.78, 5) is 6.22. The first kappa shape index (κ1) is 27.5. The second-order valence-electron chi connectivity index (χ2n) is 12.9. The number of hydrogen-bond donors (Lipinski definition) is 0. The molecule has 0 unspecified atom stereocenters. The number of nitrogens with zero attached hydrogens (tertiary/aromatic N) is 4. The lowest BCUT2D eigenvalue weighted by atomic mass is 9.95. The quantitative estimate of drug-likeness (QED) is 0.178. The molecule has 1 aliphatic rings. The van der Waals surface area contributed by atoms with E-state index < -0.39 is 0 Å². The highest BCUT2D eigenvalue weighted by atomic mass is 15.1. The van der Waals surface area contributed by atoms with Gasteiger partial charge in [0.1, 0.15) is 0 Å². The molecule has 7 aromatic carbocycles. The Morgan fingerprint density at radius 1 is 0.408 bits per heavy atom. The van der Waals surface area contributed by atoms with Crippen molar-refractivity contribution in [3.8, 4) is 22.5 Å². The van der Waals surface area contributed by atoms with Gasteiger partial charge in [-0.15, -0.1) is 0 Å². The number of hydrogen-bond acceptors (Lipinski definition) is 1. The van der Waals surface area contributed by atoms with Crippen LogP contribution in [-0.2, 0) is 13.1 Å². The van der Waals surface area contributed by atoms with Crippen molar-refractivity contribution in [2.24, 2.45) is 0 Å². The highest BCUT2D eigenvalue weighted by molar-refractivity contribution is 6.11.